The zero-order chi connectivity index (χ0) is 21.0. The number of aryl methyl sites for hydroxylation is 1. The summed E-state index contributed by atoms with van der Waals surface area (Å²) in [7, 11) is 1.25. The van der Waals surface area contributed by atoms with Gasteiger partial charge in [-0.15, -0.1) is 0 Å². The average Bonchev–Trinajstić information content (AvgIpc) is 2.71. The standard InChI is InChI=1S/C21H21N3O4S/c1-12(15-9-8-14-6-4-5-7-16(14)10-15)22-17(25)11-29-19-18(20(26)28-3)13(2)23-21(27)24-19/h4-10,12H,11H2,1-3H3,(H,22,25)(H,23,24,27)/t12-/m0/s1. The number of aromatic amines is 1. The van der Waals surface area contributed by atoms with E-state index < -0.39 is 11.7 Å². The number of amides is 1. The number of benzene rings is 2. The van der Waals surface area contributed by atoms with Gasteiger partial charge in [0, 0.05) is 5.69 Å². The molecule has 1 atom stereocenters. The van der Waals surface area contributed by atoms with Crippen LogP contribution in [0.2, 0.25) is 0 Å². The quantitative estimate of drug-likeness (QED) is 0.367. The van der Waals surface area contributed by atoms with E-state index in [9.17, 15) is 14.4 Å². The van der Waals surface area contributed by atoms with Crippen LogP contribution < -0.4 is 11.0 Å². The van der Waals surface area contributed by atoms with Gasteiger partial charge < -0.3 is 15.0 Å². The van der Waals surface area contributed by atoms with Crippen molar-refractivity contribution in [2.45, 2.75) is 24.9 Å². The van der Waals surface area contributed by atoms with E-state index in [2.05, 4.69) is 15.3 Å². The van der Waals surface area contributed by atoms with Crippen molar-refractivity contribution in [1.29, 1.82) is 0 Å². The number of carbonyl (C=O) groups excluding carboxylic acids is 2. The third kappa shape index (κ3) is 4.83. The van der Waals surface area contributed by atoms with Crippen molar-refractivity contribution < 1.29 is 14.3 Å². The lowest BCUT2D eigenvalue weighted by molar-refractivity contribution is -0.119. The molecule has 2 aromatic carbocycles. The first-order chi connectivity index (χ1) is 13.9. The number of ether oxygens (including phenoxy) is 1. The van der Waals surface area contributed by atoms with Gasteiger partial charge in [0.25, 0.3) is 0 Å². The first kappa shape index (κ1) is 20.6. The molecule has 0 aliphatic rings. The fraction of sp³-hybridized carbons (Fsp3) is 0.238. The molecule has 3 rings (SSSR count). The van der Waals surface area contributed by atoms with Crippen LogP contribution in [-0.2, 0) is 9.53 Å². The maximum Gasteiger partial charge on any atom is 0.346 e. The van der Waals surface area contributed by atoms with Crippen LogP contribution in [-0.4, -0.2) is 34.7 Å². The van der Waals surface area contributed by atoms with E-state index >= 15 is 0 Å². The Morgan fingerprint density at radius 2 is 1.93 bits per heavy atom. The van der Waals surface area contributed by atoms with Gasteiger partial charge in [0.2, 0.25) is 5.91 Å². The number of nitrogens with one attached hydrogen (secondary N) is 2. The highest BCUT2D eigenvalue weighted by atomic mass is 32.2. The second kappa shape index (κ2) is 8.91. The van der Waals surface area contributed by atoms with Crippen LogP contribution in [0.15, 0.2) is 52.3 Å². The highest BCUT2D eigenvalue weighted by Gasteiger charge is 2.20. The molecule has 3 aromatic rings. The van der Waals surface area contributed by atoms with Crippen LogP contribution in [0.25, 0.3) is 10.8 Å². The monoisotopic (exact) mass is 411 g/mol. The van der Waals surface area contributed by atoms with Crippen molar-refractivity contribution in [2.75, 3.05) is 12.9 Å². The van der Waals surface area contributed by atoms with E-state index in [1.54, 1.807) is 6.92 Å². The van der Waals surface area contributed by atoms with Crippen LogP contribution in [0.1, 0.15) is 34.6 Å². The molecule has 0 fully saturated rings. The molecule has 0 unspecified atom stereocenters. The van der Waals surface area contributed by atoms with Crippen molar-refractivity contribution in [3.05, 3.63) is 69.8 Å². The molecule has 0 saturated heterocycles. The highest BCUT2D eigenvalue weighted by molar-refractivity contribution is 8.00. The third-order valence-corrected chi connectivity index (χ3v) is 5.44. The lowest BCUT2D eigenvalue weighted by Gasteiger charge is -2.15. The molecule has 0 radical (unpaired) electrons. The molecule has 0 aliphatic carbocycles. The molecular weight excluding hydrogens is 390 g/mol. The Labute approximate surface area is 171 Å². The number of hydrogen-bond acceptors (Lipinski definition) is 6. The van der Waals surface area contributed by atoms with Crippen LogP contribution >= 0.6 is 11.8 Å². The first-order valence-electron chi connectivity index (χ1n) is 8.99. The molecule has 1 amide bonds. The van der Waals surface area contributed by atoms with Crippen LogP contribution in [0.3, 0.4) is 0 Å². The summed E-state index contributed by atoms with van der Waals surface area (Å²) < 4.78 is 4.75. The van der Waals surface area contributed by atoms with Gasteiger partial charge in [-0.05, 0) is 36.2 Å². The minimum absolute atomic E-state index is 0.0117. The molecule has 29 heavy (non-hydrogen) atoms. The van der Waals surface area contributed by atoms with Gasteiger partial charge in [-0.25, -0.2) is 9.59 Å². The van der Waals surface area contributed by atoms with E-state index in [0.717, 1.165) is 28.1 Å². The maximum absolute atomic E-state index is 12.4. The second-order valence-electron chi connectivity index (χ2n) is 6.52. The molecule has 0 bridgehead atoms. The summed E-state index contributed by atoms with van der Waals surface area (Å²) in [5.74, 6) is -0.831. The Morgan fingerprint density at radius 1 is 1.21 bits per heavy atom. The fourth-order valence-electron chi connectivity index (χ4n) is 2.98. The van der Waals surface area contributed by atoms with Gasteiger partial charge in [0.15, 0.2) is 0 Å². The number of methoxy groups -OCH3 is 1. The Kier molecular flexibility index (Phi) is 6.33. The number of rotatable bonds is 6. The van der Waals surface area contributed by atoms with Crippen molar-refractivity contribution in [2.24, 2.45) is 0 Å². The maximum atomic E-state index is 12.4. The number of carbonyl (C=O) groups is 2. The lowest BCUT2D eigenvalue weighted by Crippen LogP contribution is -2.28. The molecule has 2 N–H and O–H groups in total. The first-order valence-corrected chi connectivity index (χ1v) is 9.97. The zero-order valence-electron chi connectivity index (χ0n) is 16.3. The summed E-state index contributed by atoms with van der Waals surface area (Å²) in [6.07, 6.45) is 0. The largest absolute Gasteiger partial charge is 0.465 e. The molecule has 7 nitrogen and oxygen atoms in total. The lowest BCUT2D eigenvalue weighted by atomic mass is 10.0. The summed E-state index contributed by atoms with van der Waals surface area (Å²) in [5.41, 5.74) is 0.918. The number of aromatic nitrogens is 2. The molecule has 8 heteroatoms. The number of H-pyrrole nitrogens is 1. The summed E-state index contributed by atoms with van der Waals surface area (Å²) in [5, 5.41) is 5.34. The van der Waals surface area contributed by atoms with Gasteiger partial charge in [0.05, 0.1) is 18.9 Å². The predicted octanol–water partition coefficient (Wildman–Crippen LogP) is 2.99. The van der Waals surface area contributed by atoms with Gasteiger partial charge >= 0.3 is 11.7 Å². The Bertz CT molecular complexity index is 1130. The SMILES string of the molecule is COC(=O)c1c(SCC(=O)N[C@@H](C)c2ccc3ccccc3c2)nc(=O)[nH]c1C. The number of thioether (sulfide) groups is 1. The molecule has 1 heterocycles. The molecule has 0 aliphatic heterocycles. The fourth-order valence-corrected chi connectivity index (χ4v) is 3.86. The van der Waals surface area contributed by atoms with Crippen LogP contribution in [0.4, 0.5) is 0 Å². The smallest absolute Gasteiger partial charge is 0.346 e. The van der Waals surface area contributed by atoms with Gasteiger partial charge in [-0.1, -0.05) is 48.2 Å². The van der Waals surface area contributed by atoms with Crippen LogP contribution in [0, 0.1) is 6.92 Å². The van der Waals surface area contributed by atoms with Gasteiger partial charge in [-0.3, -0.25) is 4.79 Å². The van der Waals surface area contributed by atoms with E-state index in [4.69, 9.17) is 4.74 Å². The van der Waals surface area contributed by atoms with Crippen molar-refractivity contribution >= 4 is 34.4 Å². The second-order valence-corrected chi connectivity index (χ2v) is 7.49. The topological polar surface area (TPSA) is 101 Å². The minimum Gasteiger partial charge on any atom is -0.465 e. The normalized spacial score (nSPS) is 11.8. The zero-order valence-corrected chi connectivity index (χ0v) is 17.1. The van der Waals surface area contributed by atoms with Gasteiger partial charge in [-0.2, -0.15) is 4.98 Å². The van der Waals surface area contributed by atoms with E-state index in [-0.39, 0.29) is 28.3 Å². The van der Waals surface area contributed by atoms with Gasteiger partial charge in [0.1, 0.15) is 10.6 Å². The molecule has 150 valence electrons. The number of fused-ring (bicyclic) bond motifs is 1. The van der Waals surface area contributed by atoms with Crippen molar-refractivity contribution in [3.63, 3.8) is 0 Å². The third-order valence-electron chi connectivity index (χ3n) is 4.47. The molecule has 1 aromatic heterocycles. The summed E-state index contributed by atoms with van der Waals surface area (Å²) in [6.45, 7) is 3.49. The van der Waals surface area contributed by atoms with E-state index in [1.165, 1.54) is 7.11 Å². The Balaban J connectivity index is 1.69. The highest BCUT2D eigenvalue weighted by Crippen LogP contribution is 2.23. The Morgan fingerprint density at radius 3 is 2.66 bits per heavy atom. The van der Waals surface area contributed by atoms with E-state index in [0.29, 0.717) is 5.69 Å². The number of nitrogens with zero attached hydrogens (tertiary/aromatic N) is 1. The predicted molar refractivity (Wildman–Crippen MR) is 112 cm³/mol. The summed E-state index contributed by atoms with van der Waals surface area (Å²) >= 11 is 1.02. The van der Waals surface area contributed by atoms with E-state index in [1.807, 2.05) is 49.4 Å². The summed E-state index contributed by atoms with van der Waals surface area (Å²) in [6, 6.07) is 13.9. The van der Waals surface area contributed by atoms with Crippen LogP contribution in [0.5, 0.6) is 0 Å². The molecular formula is C21H21N3O4S. The molecule has 0 spiro atoms. The number of esters is 1. The molecule has 0 saturated carbocycles. The average molecular weight is 411 g/mol. The van der Waals surface area contributed by atoms with Crippen molar-refractivity contribution in [1.82, 2.24) is 15.3 Å². The number of hydrogen-bond donors (Lipinski definition) is 2. The van der Waals surface area contributed by atoms with Crippen molar-refractivity contribution in [3.8, 4) is 0 Å². The summed E-state index contributed by atoms with van der Waals surface area (Å²) in [4.78, 5) is 42.3. The minimum atomic E-state index is -0.612. The Hall–Kier alpha value is -3.13.